The molecule has 0 N–H and O–H groups in total. The SMILES string of the molecule is CCOC(=O)C(=O)c1ccccc1Oc1ncccc1C. The highest BCUT2D eigenvalue weighted by Crippen LogP contribution is 2.26. The Bertz CT molecular complexity index is 667. The maximum Gasteiger partial charge on any atom is 0.379 e. The molecule has 5 heteroatoms. The molecule has 0 radical (unpaired) electrons. The number of aromatic nitrogens is 1. The lowest BCUT2D eigenvalue weighted by Crippen LogP contribution is -2.18. The third kappa shape index (κ3) is 3.45. The van der Waals surface area contributed by atoms with E-state index >= 15 is 0 Å². The number of esters is 1. The second kappa shape index (κ2) is 6.65. The first-order chi connectivity index (χ1) is 10.1. The predicted octanol–water partition coefficient (Wildman–Crippen LogP) is 2.93. The summed E-state index contributed by atoms with van der Waals surface area (Å²) in [6.07, 6.45) is 1.60. The fourth-order valence-corrected chi connectivity index (χ4v) is 1.73. The van der Waals surface area contributed by atoms with Gasteiger partial charge in [-0.3, -0.25) is 4.79 Å². The van der Waals surface area contributed by atoms with Gasteiger partial charge in [0, 0.05) is 11.8 Å². The van der Waals surface area contributed by atoms with Gasteiger partial charge in [-0.25, -0.2) is 9.78 Å². The first kappa shape index (κ1) is 14.7. The van der Waals surface area contributed by atoms with Crippen molar-refractivity contribution in [1.29, 1.82) is 0 Å². The van der Waals surface area contributed by atoms with Crippen LogP contribution in [-0.4, -0.2) is 23.3 Å². The number of benzene rings is 1. The van der Waals surface area contributed by atoms with Crippen molar-refractivity contribution in [2.75, 3.05) is 6.61 Å². The topological polar surface area (TPSA) is 65.5 Å². The smallest absolute Gasteiger partial charge is 0.379 e. The predicted molar refractivity (Wildman–Crippen MR) is 76.5 cm³/mol. The summed E-state index contributed by atoms with van der Waals surface area (Å²) in [5, 5.41) is 0. The number of aryl methyl sites for hydroxylation is 1. The van der Waals surface area contributed by atoms with E-state index < -0.39 is 11.8 Å². The van der Waals surface area contributed by atoms with Crippen molar-refractivity contribution in [2.45, 2.75) is 13.8 Å². The first-order valence-corrected chi connectivity index (χ1v) is 6.53. The summed E-state index contributed by atoms with van der Waals surface area (Å²) in [6, 6.07) is 10.1. The minimum absolute atomic E-state index is 0.146. The van der Waals surface area contributed by atoms with Gasteiger partial charge in [-0.2, -0.15) is 0 Å². The van der Waals surface area contributed by atoms with E-state index in [2.05, 4.69) is 4.98 Å². The van der Waals surface area contributed by atoms with Gasteiger partial charge in [0.1, 0.15) is 5.75 Å². The van der Waals surface area contributed by atoms with E-state index in [4.69, 9.17) is 9.47 Å². The van der Waals surface area contributed by atoms with E-state index in [0.717, 1.165) is 5.56 Å². The van der Waals surface area contributed by atoms with Crippen LogP contribution in [0.5, 0.6) is 11.6 Å². The molecule has 0 saturated heterocycles. The molecule has 0 atom stereocenters. The molecule has 0 unspecified atom stereocenters. The van der Waals surface area contributed by atoms with Crippen LogP contribution in [-0.2, 0) is 9.53 Å². The Balaban J connectivity index is 2.31. The van der Waals surface area contributed by atoms with Crippen LogP contribution in [0.25, 0.3) is 0 Å². The Morgan fingerprint density at radius 2 is 1.90 bits per heavy atom. The van der Waals surface area contributed by atoms with Crippen molar-refractivity contribution >= 4 is 11.8 Å². The molecule has 108 valence electrons. The summed E-state index contributed by atoms with van der Waals surface area (Å²) in [5.41, 5.74) is 0.983. The Morgan fingerprint density at radius 1 is 1.14 bits per heavy atom. The van der Waals surface area contributed by atoms with Gasteiger partial charge in [0.15, 0.2) is 0 Å². The molecular weight excluding hydrogens is 270 g/mol. The van der Waals surface area contributed by atoms with Crippen LogP contribution < -0.4 is 4.74 Å². The molecule has 0 aliphatic carbocycles. The third-order valence-corrected chi connectivity index (χ3v) is 2.76. The quantitative estimate of drug-likeness (QED) is 0.480. The minimum atomic E-state index is -0.897. The van der Waals surface area contributed by atoms with Crippen molar-refractivity contribution in [3.63, 3.8) is 0 Å². The molecule has 0 fully saturated rings. The van der Waals surface area contributed by atoms with Gasteiger partial charge < -0.3 is 9.47 Å². The number of hydrogen-bond acceptors (Lipinski definition) is 5. The summed E-state index contributed by atoms with van der Waals surface area (Å²) in [5.74, 6) is -0.966. The first-order valence-electron chi connectivity index (χ1n) is 6.53. The number of carbonyl (C=O) groups excluding carboxylic acids is 2. The number of para-hydroxylation sites is 1. The van der Waals surface area contributed by atoms with E-state index in [1.54, 1.807) is 37.4 Å². The number of pyridine rings is 1. The summed E-state index contributed by atoms with van der Waals surface area (Å²) >= 11 is 0. The fourth-order valence-electron chi connectivity index (χ4n) is 1.73. The Kier molecular flexibility index (Phi) is 4.66. The van der Waals surface area contributed by atoms with E-state index in [0.29, 0.717) is 5.88 Å². The maximum absolute atomic E-state index is 12.1. The molecule has 0 aliphatic heterocycles. The van der Waals surface area contributed by atoms with Crippen molar-refractivity contribution in [3.8, 4) is 11.6 Å². The molecule has 1 aromatic heterocycles. The molecule has 2 rings (SSSR count). The van der Waals surface area contributed by atoms with E-state index in [9.17, 15) is 9.59 Å². The van der Waals surface area contributed by atoms with Crippen LogP contribution in [0.2, 0.25) is 0 Å². The summed E-state index contributed by atoms with van der Waals surface area (Å²) in [7, 11) is 0. The van der Waals surface area contributed by atoms with Crippen molar-refractivity contribution in [3.05, 3.63) is 53.7 Å². The molecule has 2 aromatic rings. The van der Waals surface area contributed by atoms with Gasteiger partial charge in [-0.05, 0) is 32.0 Å². The number of ether oxygens (including phenoxy) is 2. The Morgan fingerprint density at radius 3 is 2.62 bits per heavy atom. The highest BCUT2D eigenvalue weighted by Gasteiger charge is 2.22. The lowest BCUT2D eigenvalue weighted by Gasteiger charge is -2.10. The largest absolute Gasteiger partial charge is 0.460 e. The van der Waals surface area contributed by atoms with Gasteiger partial charge in [0.2, 0.25) is 5.88 Å². The van der Waals surface area contributed by atoms with Gasteiger partial charge in [0.25, 0.3) is 5.78 Å². The lowest BCUT2D eigenvalue weighted by atomic mass is 10.1. The number of ketones is 1. The molecule has 1 heterocycles. The normalized spacial score (nSPS) is 10.0. The van der Waals surface area contributed by atoms with Crippen molar-refractivity contribution < 1.29 is 19.1 Å². The molecule has 0 spiro atoms. The van der Waals surface area contributed by atoms with Gasteiger partial charge in [-0.1, -0.05) is 18.2 Å². The second-order valence-corrected chi connectivity index (χ2v) is 4.27. The average Bonchev–Trinajstić information content (AvgIpc) is 2.50. The lowest BCUT2D eigenvalue weighted by molar-refractivity contribution is -0.137. The van der Waals surface area contributed by atoms with E-state index in [1.807, 2.05) is 13.0 Å². The van der Waals surface area contributed by atoms with Crippen LogP contribution in [0.1, 0.15) is 22.8 Å². The van der Waals surface area contributed by atoms with E-state index in [-0.39, 0.29) is 17.9 Å². The number of rotatable bonds is 5. The minimum Gasteiger partial charge on any atom is -0.460 e. The molecule has 1 aromatic carbocycles. The zero-order chi connectivity index (χ0) is 15.2. The number of hydrogen-bond donors (Lipinski definition) is 0. The van der Waals surface area contributed by atoms with Crippen LogP contribution >= 0.6 is 0 Å². The Labute approximate surface area is 122 Å². The number of Topliss-reactive ketones (excluding diaryl/α,β-unsaturated/α-hetero) is 1. The van der Waals surface area contributed by atoms with Gasteiger partial charge in [0.05, 0.1) is 12.2 Å². The maximum atomic E-state index is 12.1. The average molecular weight is 285 g/mol. The monoisotopic (exact) mass is 285 g/mol. The van der Waals surface area contributed by atoms with Crippen LogP contribution in [0.3, 0.4) is 0 Å². The molecule has 21 heavy (non-hydrogen) atoms. The molecule has 0 saturated carbocycles. The molecule has 0 aliphatic rings. The molecule has 0 amide bonds. The van der Waals surface area contributed by atoms with Crippen LogP contribution in [0.4, 0.5) is 0 Å². The highest BCUT2D eigenvalue weighted by molar-refractivity contribution is 6.41. The fraction of sp³-hybridized carbons (Fsp3) is 0.188. The summed E-state index contributed by atoms with van der Waals surface area (Å²) in [4.78, 5) is 27.7. The standard InChI is InChI=1S/C16H15NO4/c1-3-20-16(19)14(18)12-8-4-5-9-13(12)21-15-11(2)7-6-10-17-15/h4-10H,3H2,1-2H3. The molecule has 0 bridgehead atoms. The van der Waals surface area contributed by atoms with Crippen molar-refractivity contribution in [2.24, 2.45) is 0 Å². The zero-order valence-corrected chi connectivity index (χ0v) is 11.8. The van der Waals surface area contributed by atoms with E-state index in [1.165, 1.54) is 6.07 Å². The molecular formula is C16H15NO4. The summed E-state index contributed by atoms with van der Waals surface area (Å²) in [6.45, 7) is 3.63. The highest BCUT2D eigenvalue weighted by atomic mass is 16.5. The number of nitrogens with zero attached hydrogens (tertiary/aromatic N) is 1. The van der Waals surface area contributed by atoms with Crippen LogP contribution in [0, 0.1) is 6.92 Å². The van der Waals surface area contributed by atoms with Gasteiger partial charge >= 0.3 is 5.97 Å². The summed E-state index contributed by atoms with van der Waals surface area (Å²) < 4.78 is 10.4. The number of carbonyl (C=O) groups is 2. The zero-order valence-electron chi connectivity index (χ0n) is 11.8. The van der Waals surface area contributed by atoms with Gasteiger partial charge in [-0.15, -0.1) is 0 Å². The second-order valence-electron chi connectivity index (χ2n) is 4.27. The Hall–Kier alpha value is -2.69. The van der Waals surface area contributed by atoms with Crippen molar-refractivity contribution in [1.82, 2.24) is 4.98 Å². The molecule has 5 nitrogen and oxygen atoms in total. The third-order valence-electron chi connectivity index (χ3n) is 2.76. The van der Waals surface area contributed by atoms with Crippen LogP contribution in [0.15, 0.2) is 42.6 Å².